The van der Waals surface area contributed by atoms with Crippen molar-refractivity contribution in [1.82, 2.24) is 4.98 Å². The molecular formula is C25H29NO4. The minimum atomic E-state index is -0.0559. The van der Waals surface area contributed by atoms with Crippen molar-refractivity contribution in [3.8, 4) is 5.75 Å². The molecule has 1 saturated heterocycles. The molecule has 1 aliphatic rings. The van der Waals surface area contributed by atoms with Crippen LogP contribution in [-0.2, 0) is 27.1 Å². The molecule has 0 N–H and O–H groups in total. The van der Waals surface area contributed by atoms with Crippen LogP contribution in [0.25, 0.3) is 10.8 Å². The van der Waals surface area contributed by atoms with E-state index < -0.39 is 0 Å². The minimum absolute atomic E-state index is 0.0559. The molecular weight excluding hydrogens is 378 g/mol. The predicted molar refractivity (Wildman–Crippen MR) is 117 cm³/mol. The predicted octanol–water partition coefficient (Wildman–Crippen LogP) is 4.89. The molecule has 2 aromatic carbocycles. The molecule has 1 aromatic heterocycles. The summed E-state index contributed by atoms with van der Waals surface area (Å²) in [6, 6.07) is 16.7. The standard InChI is InChI=1S/C25H29NO4/c1-27-18-30-24-16-19(12-15-29-25-8-4-5-14-28-25)9-10-21(24)17-23-22-7-3-2-6-20(22)11-13-26-23/h2-3,6-7,9-11,13,16,25H,4-5,8,12,14-15,17-18H2,1H3. The molecule has 30 heavy (non-hydrogen) atoms. The molecule has 158 valence electrons. The van der Waals surface area contributed by atoms with Crippen molar-refractivity contribution in [1.29, 1.82) is 0 Å². The summed E-state index contributed by atoms with van der Waals surface area (Å²) in [5, 5.41) is 2.36. The normalized spacial score (nSPS) is 16.6. The molecule has 1 unspecified atom stereocenters. The molecule has 2 heterocycles. The van der Waals surface area contributed by atoms with Gasteiger partial charge in [0.15, 0.2) is 13.1 Å². The van der Waals surface area contributed by atoms with Gasteiger partial charge in [-0.25, -0.2) is 0 Å². The maximum Gasteiger partial charge on any atom is 0.188 e. The SMILES string of the molecule is COCOc1cc(CCOC2CCCCO2)ccc1Cc1nccc2ccccc12. The van der Waals surface area contributed by atoms with Crippen LogP contribution in [0.4, 0.5) is 0 Å². The van der Waals surface area contributed by atoms with Crippen molar-refractivity contribution >= 4 is 10.8 Å². The molecule has 5 heteroatoms. The highest BCUT2D eigenvalue weighted by atomic mass is 16.7. The third-order valence-corrected chi connectivity index (χ3v) is 5.41. The lowest BCUT2D eigenvalue weighted by Gasteiger charge is -2.22. The molecule has 0 amide bonds. The fraction of sp³-hybridized carbons (Fsp3) is 0.400. The fourth-order valence-electron chi connectivity index (χ4n) is 3.81. The quantitative estimate of drug-likeness (QED) is 0.473. The number of ether oxygens (including phenoxy) is 4. The Kier molecular flexibility index (Phi) is 7.29. The van der Waals surface area contributed by atoms with Gasteiger partial charge < -0.3 is 18.9 Å². The van der Waals surface area contributed by atoms with Crippen molar-refractivity contribution in [2.45, 2.75) is 38.4 Å². The van der Waals surface area contributed by atoms with E-state index in [1.54, 1.807) is 7.11 Å². The number of rotatable bonds is 9. The second-order valence-electron chi connectivity index (χ2n) is 7.57. The van der Waals surface area contributed by atoms with Gasteiger partial charge in [-0.05, 0) is 48.8 Å². The Morgan fingerprint density at radius 3 is 2.90 bits per heavy atom. The Bertz CT molecular complexity index is 948. The van der Waals surface area contributed by atoms with E-state index in [4.69, 9.17) is 18.9 Å². The van der Waals surface area contributed by atoms with Crippen LogP contribution in [0.3, 0.4) is 0 Å². The maximum absolute atomic E-state index is 5.89. The van der Waals surface area contributed by atoms with Gasteiger partial charge in [0.1, 0.15) is 5.75 Å². The zero-order valence-corrected chi connectivity index (χ0v) is 17.5. The Balaban J connectivity index is 1.47. The van der Waals surface area contributed by atoms with Gasteiger partial charge in [0.2, 0.25) is 0 Å². The summed E-state index contributed by atoms with van der Waals surface area (Å²) in [4.78, 5) is 4.63. The number of methoxy groups -OCH3 is 1. The van der Waals surface area contributed by atoms with E-state index in [1.807, 2.05) is 12.3 Å². The Morgan fingerprint density at radius 2 is 2.03 bits per heavy atom. The topological polar surface area (TPSA) is 49.8 Å². The molecule has 0 aliphatic carbocycles. The molecule has 3 aromatic rings. The highest BCUT2D eigenvalue weighted by Gasteiger charge is 2.14. The molecule has 5 nitrogen and oxygen atoms in total. The third kappa shape index (κ3) is 5.36. The number of aromatic nitrogens is 1. The molecule has 0 radical (unpaired) electrons. The second-order valence-corrected chi connectivity index (χ2v) is 7.57. The van der Waals surface area contributed by atoms with Crippen LogP contribution in [0.2, 0.25) is 0 Å². The molecule has 1 atom stereocenters. The van der Waals surface area contributed by atoms with Crippen LogP contribution in [-0.4, -0.2) is 38.4 Å². The van der Waals surface area contributed by atoms with Crippen molar-refractivity contribution in [2.24, 2.45) is 0 Å². The summed E-state index contributed by atoms with van der Waals surface area (Å²) in [6.07, 6.45) is 6.62. The van der Waals surface area contributed by atoms with E-state index in [1.165, 1.54) is 22.8 Å². The summed E-state index contributed by atoms with van der Waals surface area (Å²) in [6.45, 7) is 1.65. The Labute approximate surface area is 177 Å². The van der Waals surface area contributed by atoms with E-state index in [9.17, 15) is 0 Å². The van der Waals surface area contributed by atoms with Crippen molar-refractivity contribution in [2.75, 3.05) is 27.1 Å². The monoisotopic (exact) mass is 407 g/mol. The highest BCUT2D eigenvalue weighted by molar-refractivity contribution is 5.84. The highest BCUT2D eigenvalue weighted by Crippen LogP contribution is 2.26. The molecule has 4 rings (SSSR count). The van der Waals surface area contributed by atoms with Crippen LogP contribution in [0, 0.1) is 0 Å². The van der Waals surface area contributed by atoms with Crippen LogP contribution in [0.5, 0.6) is 5.75 Å². The lowest BCUT2D eigenvalue weighted by molar-refractivity contribution is -0.161. The van der Waals surface area contributed by atoms with Gasteiger partial charge in [-0.3, -0.25) is 4.98 Å². The zero-order valence-electron chi connectivity index (χ0n) is 17.5. The average Bonchev–Trinajstić information content (AvgIpc) is 2.80. The number of nitrogens with zero attached hydrogens (tertiary/aromatic N) is 1. The van der Waals surface area contributed by atoms with Crippen LogP contribution >= 0.6 is 0 Å². The summed E-state index contributed by atoms with van der Waals surface area (Å²) < 4.78 is 22.6. The van der Waals surface area contributed by atoms with Gasteiger partial charge in [-0.15, -0.1) is 0 Å². The molecule has 0 saturated carbocycles. The first-order valence-electron chi connectivity index (χ1n) is 10.6. The summed E-state index contributed by atoms with van der Waals surface area (Å²) in [5.74, 6) is 0.831. The first kappa shape index (κ1) is 20.8. The minimum Gasteiger partial charge on any atom is -0.467 e. The van der Waals surface area contributed by atoms with Gasteiger partial charge in [0, 0.05) is 37.3 Å². The average molecular weight is 408 g/mol. The van der Waals surface area contributed by atoms with Gasteiger partial charge >= 0.3 is 0 Å². The van der Waals surface area contributed by atoms with Crippen molar-refractivity contribution in [3.05, 3.63) is 71.5 Å². The van der Waals surface area contributed by atoms with Crippen molar-refractivity contribution in [3.63, 3.8) is 0 Å². The molecule has 1 aliphatic heterocycles. The van der Waals surface area contributed by atoms with E-state index >= 15 is 0 Å². The molecule has 0 spiro atoms. The van der Waals surface area contributed by atoms with E-state index in [2.05, 4.69) is 47.4 Å². The lowest BCUT2D eigenvalue weighted by Crippen LogP contribution is -2.23. The van der Waals surface area contributed by atoms with E-state index in [-0.39, 0.29) is 13.1 Å². The summed E-state index contributed by atoms with van der Waals surface area (Å²) >= 11 is 0. The fourth-order valence-corrected chi connectivity index (χ4v) is 3.81. The van der Waals surface area contributed by atoms with Crippen molar-refractivity contribution < 1.29 is 18.9 Å². The van der Waals surface area contributed by atoms with Gasteiger partial charge in [-0.1, -0.05) is 36.4 Å². The number of hydrogen-bond acceptors (Lipinski definition) is 5. The summed E-state index contributed by atoms with van der Waals surface area (Å²) in [5.41, 5.74) is 3.31. The lowest BCUT2D eigenvalue weighted by atomic mass is 10.0. The van der Waals surface area contributed by atoms with Crippen LogP contribution < -0.4 is 4.74 Å². The maximum atomic E-state index is 5.89. The third-order valence-electron chi connectivity index (χ3n) is 5.41. The molecule has 0 bridgehead atoms. The largest absolute Gasteiger partial charge is 0.467 e. The van der Waals surface area contributed by atoms with Gasteiger partial charge in [0.05, 0.1) is 12.3 Å². The van der Waals surface area contributed by atoms with E-state index in [0.29, 0.717) is 13.0 Å². The Morgan fingerprint density at radius 1 is 1.10 bits per heavy atom. The first-order valence-corrected chi connectivity index (χ1v) is 10.6. The number of benzene rings is 2. The van der Waals surface area contributed by atoms with Gasteiger partial charge in [0.25, 0.3) is 0 Å². The van der Waals surface area contributed by atoms with Crippen LogP contribution in [0.1, 0.15) is 36.1 Å². The molecule has 1 fully saturated rings. The van der Waals surface area contributed by atoms with E-state index in [0.717, 1.165) is 42.9 Å². The summed E-state index contributed by atoms with van der Waals surface area (Å²) in [7, 11) is 1.63. The first-order chi connectivity index (χ1) is 14.8. The number of hydrogen-bond donors (Lipinski definition) is 0. The second kappa shape index (κ2) is 10.5. The Hall–Kier alpha value is -2.47. The van der Waals surface area contributed by atoms with Crippen LogP contribution in [0.15, 0.2) is 54.7 Å². The zero-order chi connectivity index (χ0) is 20.6. The number of pyridine rings is 1. The number of fused-ring (bicyclic) bond motifs is 1. The smallest absolute Gasteiger partial charge is 0.188 e. The van der Waals surface area contributed by atoms with Gasteiger partial charge in [-0.2, -0.15) is 0 Å².